The largest absolute Gasteiger partial charge is 0.444 e. The third-order valence-corrected chi connectivity index (χ3v) is 2.23. The minimum Gasteiger partial charge on any atom is -0.444 e. The van der Waals surface area contributed by atoms with Crippen LogP contribution in [0.3, 0.4) is 0 Å². The van der Waals surface area contributed by atoms with Gasteiger partial charge in [-0.1, -0.05) is 0 Å². The fourth-order valence-corrected chi connectivity index (χ4v) is 1.44. The van der Waals surface area contributed by atoms with Crippen LogP contribution >= 0.6 is 0 Å². The molecule has 1 aliphatic heterocycles. The fraction of sp³-hybridized carbons (Fsp3) is 0.727. The molecule has 1 amide bonds. The molecule has 0 N–H and O–H groups in total. The van der Waals surface area contributed by atoms with Crippen molar-refractivity contribution in [2.75, 3.05) is 13.1 Å². The predicted octanol–water partition coefficient (Wildman–Crippen LogP) is 1.34. The molecule has 5 nitrogen and oxygen atoms in total. The van der Waals surface area contributed by atoms with E-state index in [2.05, 4.69) is 0 Å². The zero-order chi connectivity index (χ0) is 12.3. The average molecular weight is 224 g/mol. The quantitative estimate of drug-likeness (QED) is 0.622. The molecule has 16 heavy (non-hydrogen) atoms. The maximum atomic E-state index is 11.7. The van der Waals surface area contributed by atoms with Crippen LogP contribution in [0.25, 0.3) is 0 Å². The van der Waals surface area contributed by atoms with E-state index >= 15 is 0 Å². The van der Waals surface area contributed by atoms with E-state index in [-0.39, 0.29) is 18.7 Å². The van der Waals surface area contributed by atoms with Gasteiger partial charge in [0.15, 0.2) is 5.78 Å². The molecule has 0 saturated carbocycles. The van der Waals surface area contributed by atoms with Crippen molar-refractivity contribution in [3.05, 3.63) is 0 Å². The SMILES string of the molecule is CC(C)(C)OC(=O)N1CCC(=O)[C@H](C#N)C1. The first-order valence-electron chi connectivity index (χ1n) is 5.24. The molecule has 0 unspecified atom stereocenters. The molecular weight excluding hydrogens is 208 g/mol. The minimum absolute atomic E-state index is 0.0951. The van der Waals surface area contributed by atoms with E-state index in [9.17, 15) is 9.59 Å². The molecule has 0 aromatic rings. The number of Topliss-reactive ketones (excluding diaryl/α,β-unsaturated/α-hetero) is 1. The van der Waals surface area contributed by atoms with Crippen LogP contribution in [0.5, 0.6) is 0 Å². The number of ketones is 1. The zero-order valence-corrected chi connectivity index (χ0v) is 9.82. The smallest absolute Gasteiger partial charge is 0.410 e. The molecule has 0 radical (unpaired) electrons. The van der Waals surface area contributed by atoms with Crippen LogP contribution in [-0.2, 0) is 9.53 Å². The van der Waals surface area contributed by atoms with E-state index in [1.54, 1.807) is 20.8 Å². The Bertz CT molecular complexity index is 338. The first-order chi connectivity index (χ1) is 7.33. The lowest BCUT2D eigenvalue weighted by Crippen LogP contribution is -2.45. The number of hydrogen-bond donors (Lipinski definition) is 0. The van der Waals surface area contributed by atoms with Crippen molar-refractivity contribution < 1.29 is 14.3 Å². The molecule has 1 fully saturated rings. The van der Waals surface area contributed by atoms with Gasteiger partial charge in [-0.05, 0) is 20.8 Å². The summed E-state index contributed by atoms with van der Waals surface area (Å²) in [7, 11) is 0. The molecule has 0 aliphatic carbocycles. The first-order valence-corrected chi connectivity index (χ1v) is 5.24. The summed E-state index contributed by atoms with van der Waals surface area (Å²) < 4.78 is 5.17. The van der Waals surface area contributed by atoms with Crippen LogP contribution in [0.4, 0.5) is 4.79 Å². The second kappa shape index (κ2) is 4.52. The Labute approximate surface area is 95.0 Å². The summed E-state index contributed by atoms with van der Waals surface area (Å²) in [6.07, 6.45) is -0.225. The molecule has 1 atom stereocenters. The summed E-state index contributed by atoms with van der Waals surface area (Å²) in [5.41, 5.74) is -0.555. The van der Waals surface area contributed by atoms with E-state index in [0.29, 0.717) is 6.54 Å². The Kier molecular flexibility index (Phi) is 3.53. The summed E-state index contributed by atoms with van der Waals surface area (Å²) >= 11 is 0. The number of piperidine rings is 1. The van der Waals surface area contributed by atoms with Crippen LogP contribution in [0.15, 0.2) is 0 Å². The number of carbonyl (C=O) groups is 2. The third kappa shape index (κ3) is 3.23. The van der Waals surface area contributed by atoms with Crippen LogP contribution in [0.1, 0.15) is 27.2 Å². The molecule has 1 saturated heterocycles. The third-order valence-electron chi connectivity index (χ3n) is 2.23. The lowest BCUT2D eigenvalue weighted by molar-refractivity contribution is -0.124. The fourth-order valence-electron chi connectivity index (χ4n) is 1.44. The topological polar surface area (TPSA) is 70.4 Å². The molecule has 1 rings (SSSR count). The molecule has 5 heteroatoms. The van der Waals surface area contributed by atoms with Crippen LogP contribution in [0, 0.1) is 17.2 Å². The summed E-state index contributed by atoms with van der Waals surface area (Å²) in [5.74, 6) is -0.802. The van der Waals surface area contributed by atoms with Gasteiger partial charge < -0.3 is 9.64 Å². The van der Waals surface area contributed by atoms with Crippen molar-refractivity contribution in [3.8, 4) is 6.07 Å². The number of carbonyl (C=O) groups excluding carboxylic acids is 2. The second-order valence-electron chi connectivity index (χ2n) is 4.82. The minimum atomic E-state index is -0.707. The van der Waals surface area contributed by atoms with Crippen LogP contribution in [-0.4, -0.2) is 35.5 Å². The van der Waals surface area contributed by atoms with Crippen molar-refractivity contribution in [3.63, 3.8) is 0 Å². The molecular formula is C11H16N2O3. The second-order valence-corrected chi connectivity index (χ2v) is 4.82. The van der Waals surface area contributed by atoms with E-state index in [1.165, 1.54) is 4.90 Å². The van der Waals surface area contributed by atoms with Gasteiger partial charge in [0.1, 0.15) is 11.5 Å². The molecule has 0 aromatic heterocycles. The lowest BCUT2D eigenvalue weighted by Gasteiger charge is -2.31. The van der Waals surface area contributed by atoms with Crippen molar-refractivity contribution in [1.82, 2.24) is 4.90 Å². The Morgan fingerprint density at radius 3 is 2.69 bits per heavy atom. The lowest BCUT2D eigenvalue weighted by atomic mass is 9.98. The van der Waals surface area contributed by atoms with Crippen LogP contribution in [0.2, 0.25) is 0 Å². The molecule has 1 aliphatic rings. The Hall–Kier alpha value is -1.57. The van der Waals surface area contributed by atoms with Crippen LogP contribution < -0.4 is 0 Å². The van der Waals surface area contributed by atoms with Gasteiger partial charge >= 0.3 is 6.09 Å². The average Bonchev–Trinajstić information content (AvgIpc) is 2.15. The highest BCUT2D eigenvalue weighted by Gasteiger charge is 2.31. The molecule has 0 aromatic carbocycles. The highest BCUT2D eigenvalue weighted by molar-refractivity contribution is 5.86. The standard InChI is InChI=1S/C11H16N2O3/c1-11(2,3)16-10(15)13-5-4-9(14)8(6-12)7-13/h8H,4-5,7H2,1-3H3/t8-/m1/s1. The molecule has 0 bridgehead atoms. The first kappa shape index (κ1) is 12.5. The summed E-state index contributed by atoms with van der Waals surface area (Å²) in [5, 5.41) is 8.74. The predicted molar refractivity (Wildman–Crippen MR) is 56.5 cm³/mol. The van der Waals surface area contributed by atoms with E-state index in [0.717, 1.165) is 0 Å². The monoisotopic (exact) mass is 224 g/mol. The molecule has 0 spiro atoms. The van der Waals surface area contributed by atoms with Gasteiger partial charge in [0.2, 0.25) is 0 Å². The normalized spacial score (nSPS) is 21.5. The van der Waals surface area contributed by atoms with Gasteiger partial charge in [-0.15, -0.1) is 0 Å². The summed E-state index contributed by atoms with van der Waals surface area (Å²) in [4.78, 5) is 24.4. The van der Waals surface area contributed by atoms with Gasteiger partial charge in [-0.2, -0.15) is 5.26 Å². The highest BCUT2D eigenvalue weighted by Crippen LogP contribution is 2.16. The van der Waals surface area contributed by atoms with E-state index < -0.39 is 17.6 Å². The summed E-state index contributed by atoms with van der Waals surface area (Å²) in [6, 6.07) is 1.90. The maximum absolute atomic E-state index is 11.7. The molecule has 88 valence electrons. The van der Waals surface area contributed by atoms with Crippen molar-refractivity contribution in [1.29, 1.82) is 5.26 Å². The Balaban J connectivity index is 2.60. The van der Waals surface area contributed by atoms with E-state index in [4.69, 9.17) is 10.00 Å². The number of hydrogen-bond acceptors (Lipinski definition) is 4. The Morgan fingerprint density at radius 2 is 2.19 bits per heavy atom. The Morgan fingerprint density at radius 1 is 1.56 bits per heavy atom. The van der Waals surface area contributed by atoms with E-state index in [1.807, 2.05) is 6.07 Å². The van der Waals surface area contributed by atoms with Gasteiger partial charge in [0.05, 0.1) is 6.07 Å². The highest BCUT2D eigenvalue weighted by atomic mass is 16.6. The molecule has 1 heterocycles. The van der Waals surface area contributed by atoms with Gasteiger partial charge in [-0.3, -0.25) is 4.79 Å². The van der Waals surface area contributed by atoms with Gasteiger partial charge in [-0.25, -0.2) is 4.79 Å². The van der Waals surface area contributed by atoms with Crippen molar-refractivity contribution >= 4 is 11.9 Å². The van der Waals surface area contributed by atoms with Gasteiger partial charge in [0.25, 0.3) is 0 Å². The maximum Gasteiger partial charge on any atom is 0.410 e. The number of likely N-dealkylation sites (tertiary alicyclic amines) is 1. The summed E-state index contributed by atoms with van der Waals surface area (Å²) in [6.45, 7) is 5.82. The van der Waals surface area contributed by atoms with Gasteiger partial charge in [0, 0.05) is 19.5 Å². The number of nitriles is 1. The number of rotatable bonds is 0. The number of nitrogens with zero attached hydrogens (tertiary/aromatic N) is 2. The van der Waals surface area contributed by atoms with Crippen molar-refractivity contribution in [2.24, 2.45) is 5.92 Å². The zero-order valence-electron chi connectivity index (χ0n) is 9.82. The number of ether oxygens (including phenoxy) is 1. The van der Waals surface area contributed by atoms with Crippen molar-refractivity contribution in [2.45, 2.75) is 32.8 Å². The number of amides is 1.